The number of benzene rings is 2. The van der Waals surface area contributed by atoms with E-state index in [1.807, 2.05) is 30.3 Å². The van der Waals surface area contributed by atoms with Gasteiger partial charge in [0.05, 0.1) is 19.2 Å². The molecule has 1 amide bonds. The molecule has 7 heteroatoms. The topological polar surface area (TPSA) is 72.5 Å². The van der Waals surface area contributed by atoms with Gasteiger partial charge in [0.25, 0.3) is 5.91 Å². The summed E-state index contributed by atoms with van der Waals surface area (Å²) in [6.07, 6.45) is 1.57. The number of nitrogens with zero attached hydrogens (tertiary/aromatic N) is 1. The number of pyridine rings is 1. The summed E-state index contributed by atoms with van der Waals surface area (Å²) in [5, 5.41) is 6.51. The Labute approximate surface area is 168 Å². The number of halogens is 1. The number of hydrogen-bond acceptors (Lipinski definition) is 5. The third-order valence-corrected chi connectivity index (χ3v) is 4.37. The molecule has 28 heavy (non-hydrogen) atoms. The number of rotatable bonds is 7. The van der Waals surface area contributed by atoms with Gasteiger partial charge in [0, 0.05) is 29.6 Å². The van der Waals surface area contributed by atoms with Gasteiger partial charge < -0.3 is 20.1 Å². The van der Waals surface area contributed by atoms with Gasteiger partial charge in [-0.15, -0.1) is 0 Å². The monoisotopic (exact) mass is 397 g/mol. The normalized spacial score (nSPS) is 10.2. The highest BCUT2D eigenvalue weighted by molar-refractivity contribution is 6.32. The van der Waals surface area contributed by atoms with Gasteiger partial charge >= 0.3 is 0 Å². The number of nitrogens with one attached hydrogen (secondary N) is 2. The Hall–Kier alpha value is -3.25. The van der Waals surface area contributed by atoms with Crippen LogP contribution in [0, 0.1) is 0 Å². The average Bonchev–Trinajstić information content (AvgIpc) is 2.72. The van der Waals surface area contributed by atoms with Crippen LogP contribution in [0.4, 0.5) is 11.5 Å². The van der Waals surface area contributed by atoms with Crippen LogP contribution in [0.5, 0.6) is 11.5 Å². The highest BCUT2D eigenvalue weighted by Crippen LogP contribution is 2.28. The lowest BCUT2D eigenvalue weighted by atomic mass is 10.2. The fourth-order valence-corrected chi connectivity index (χ4v) is 2.92. The van der Waals surface area contributed by atoms with E-state index < -0.39 is 0 Å². The molecule has 0 saturated heterocycles. The first-order valence-electron chi connectivity index (χ1n) is 8.57. The van der Waals surface area contributed by atoms with Crippen molar-refractivity contribution in [3.05, 3.63) is 76.9 Å². The number of aromatic nitrogens is 1. The van der Waals surface area contributed by atoms with Gasteiger partial charge in [-0.25, -0.2) is 4.98 Å². The molecule has 144 valence electrons. The first-order valence-corrected chi connectivity index (χ1v) is 8.95. The van der Waals surface area contributed by atoms with E-state index in [4.69, 9.17) is 21.1 Å². The van der Waals surface area contributed by atoms with Crippen molar-refractivity contribution in [1.29, 1.82) is 0 Å². The van der Waals surface area contributed by atoms with Crippen LogP contribution in [0.3, 0.4) is 0 Å². The Morgan fingerprint density at radius 2 is 1.82 bits per heavy atom. The van der Waals surface area contributed by atoms with Crippen LogP contribution in [0.2, 0.25) is 5.02 Å². The zero-order valence-corrected chi connectivity index (χ0v) is 16.3. The molecule has 0 bridgehead atoms. The molecule has 0 aliphatic heterocycles. The summed E-state index contributed by atoms with van der Waals surface area (Å²) < 4.78 is 10.4. The molecule has 0 atom stereocenters. The van der Waals surface area contributed by atoms with E-state index >= 15 is 0 Å². The third-order valence-electron chi connectivity index (χ3n) is 4.08. The molecule has 0 saturated carbocycles. The molecule has 1 heterocycles. The summed E-state index contributed by atoms with van der Waals surface area (Å²) in [5.74, 6) is 1.65. The minimum absolute atomic E-state index is 0.205. The van der Waals surface area contributed by atoms with E-state index in [-0.39, 0.29) is 5.91 Å². The second-order valence-corrected chi connectivity index (χ2v) is 6.31. The standard InChI is InChI=1S/C21H20ClN3O3/c1-27-18-6-4-3-5-15(18)13-24-21(26)14-9-10-23-20(11-14)25-16-7-8-19(28-2)17(22)12-16/h3-12H,13H2,1-2H3,(H,23,25)(H,24,26). The van der Waals surface area contributed by atoms with E-state index in [2.05, 4.69) is 15.6 Å². The Kier molecular flexibility index (Phi) is 6.34. The summed E-state index contributed by atoms with van der Waals surface area (Å²) >= 11 is 6.14. The number of ether oxygens (including phenoxy) is 2. The summed E-state index contributed by atoms with van der Waals surface area (Å²) in [7, 11) is 3.16. The second-order valence-electron chi connectivity index (χ2n) is 5.90. The fourth-order valence-electron chi connectivity index (χ4n) is 2.66. The Bertz CT molecular complexity index is 979. The van der Waals surface area contributed by atoms with Gasteiger partial charge in [0.15, 0.2) is 0 Å². The Morgan fingerprint density at radius 1 is 1.04 bits per heavy atom. The molecule has 6 nitrogen and oxygen atoms in total. The number of amides is 1. The lowest BCUT2D eigenvalue weighted by Gasteiger charge is -2.11. The zero-order valence-electron chi connectivity index (χ0n) is 15.5. The summed E-state index contributed by atoms with van der Waals surface area (Å²) in [6.45, 7) is 0.363. The van der Waals surface area contributed by atoms with Crippen molar-refractivity contribution >= 4 is 29.0 Å². The van der Waals surface area contributed by atoms with Crippen LogP contribution in [-0.4, -0.2) is 25.1 Å². The van der Waals surface area contributed by atoms with E-state index in [0.717, 1.165) is 17.0 Å². The predicted molar refractivity (Wildman–Crippen MR) is 110 cm³/mol. The fraction of sp³-hybridized carbons (Fsp3) is 0.143. The van der Waals surface area contributed by atoms with Gasteiger partial charge in [-0.2, -0.15) is 0 Å². The third kappa shape index (κ3) is 4.72. The molecule has 0 aliphatic carbocycles. The second kappa shape index (κ2) is 9.10. The van der Waals surface area contributed by atoms with Crippen LogP contribution in [0.15, 0.2) is 60.8 Å². The van der Waals surface area contributed by atoms with E-state index in [1.165, 1.54) is 0 Å². The van der Waals surface area contributed by atoms with Gasteiger partial charge in [-0.05, 0) is 36.4 Å². The average molecular weight is 398 g/mol. The largest absolute Gasteiger partial charge is 0.496 e. The van der Waals surface area contributed by atoms with Crippen molar-refractivity contribution in [3.8, 4) is 11.5 Å². The van der Waals surface area contributed by atoms with Gasteiger partial charge in [-0.1, -0.05) is 29.8 Å². The number of methoxy groups -OCH3 is 2. The summed E-state index contributed by atoms with van der Waals surface area (Å²) in [6, 6.07) is 16.2. The highest BCUT2D eigenvalue weighted by Gasteiger charge is 2.09. The molecule has 1 aromatic heterocycles. The zero-order chi connectivity index (χ0) is 19.9. The van der Waals surface area contributed by atoms with Crippen LogP contribution in [0.25, 0.3) is 0 Å². The van der Waals surface area contributed by atoms with E-state index in [1.54, 1.807) is 44.7 Å². The van der Waals surface area contributed by atoms with Crippen LogP contribution in [-0.2, 0) is 6.54 Å². The maximum absolute atomic E-state index is 12.5. The van der Waals surface area contributed by atoms with Crippen LogP contribution in [0.1, 0.15) is 15.9 Å². The Balaban J connectivity index is 1.68. The SMILES string of the molecule is COc1ccc(Nc2cc(C(=O)NCc3ccccc3OC)ccn2)cc1Cl. The smallest absolute Gasteiger partial charge is 0.251 e. The van der Waals surface area contributed by atoms with Crippen molar-refractivity contribution in [1.82, 2.24) is 10.3 Å². The quantitative estimate of drug-likeness (QED) is 0.617. The number of carbonyl (C=O) groups excluding carboxylic acids is 1. The van der Waals surface area contributed by atoms with Crippen molar-refractivity contribution in [2.75, 3.05) is 19.5 Å². The van der Waals surface area contributed by atoms with Crippen LogP contribution >= 0.6 is 11.6 Å². The van der Waals surface area contributed by atoms with Gasteiger partial charge in [0.2, 0.25) is 0 Å². The van der Waals surface area contributed by atoms with Crippen molar-refractivity contribution in [2.24, 2.45) is 0 Å². The number of hydrogen-bond donors (Lipinski definition) is 2. The van der Waals surface area contributed by atoms with Crippen LogP contribution < -0.4 is 20.1 Å². The summed E-state index contributed by atoms with van der Waals surface area (Å²) in [4.78, 5) is 16.8. The van der Waals surface area contributed by atoms with Crippen molar-refractivity contribution in [2.45, 2.75) is 6.54 Å². The number of anilines is 2. The van der Waals surface area contributed by atoms with Crippen molar-refractivity contribution < 1.29 is 14.3 Å². The molecule has 0 aliphatic rings. The first-order chi connectivity index (χ1) is 13.6. The summed E-state index contributed by atoms with van der Waals surface area (Å²) in [5.41, 5.74) is 2.13. The van der Waals surface area contributed by atoms with Gasteiger partial charge in [0.1, 0.15) is 17.3 Å². The molecule has 0 fully saturated rings. The van der Waals surface area contributed by atoms with E-state index in [9.17, 15) is 4.79 Å². The molecule has 3 rings (SSSR count). The minimum atomic E-state index is -0.205. The highest BCUT2D eigenvalue weighted by atomic mass is 35.5. The minimum Gasteiger partial charge on any atom is -0.496 e. The molecule has 0 radical (unpaired) electrons. The van der Waals surface area contributed by atoms with E-state index in [0.29, 0.717) is 28.7 Å². The molecule has 2 aromatic carbocycles. The first kappa shape index (κ1) is 19.5. The number of para-hydroxylation sites is 1. The lowest BCUT2D eigenvalue weighted by molar-refractivity contribution is 0.0950. The number of carbonyl (C=O) groups is 1. The molecule has 3 aromatic rings. The molecule has 2 N–H and O–H groups in total. The predicted octanol–water partition coefficient (Wildman–Crippen LogP) is 4.43. The maximum atomic E-state index is 12.5. The maximum Gasteiger partial charge on any atom is 0.251 e. The molecular formula is C21H20ClN3O3. The molecular weight excluding hydrogens is 378 g/mol. The lowest BCUT2D eigenvalue weighted by Crippen LogP contribution is -2.23. The Morgan fingerprint density at radius 3 is 2.57 bits per heavy atom. The molecule has 0 spiro atoms. The van der Waals surface area contributed by atoms with Crippen molar-refractivity contribution in [3.63, 3.8) is 0 Å². The molecule has 0 unspecified atom stereocenters. The van der Waals surface area contributed by atoms with Gasteiger partial charge in [-0.3, -0.25) is 4.79 Å².